The van der Waals surface area contributed by atoms with E-state index in [9.17, 15) is 0 Å². The van der Waals surface area contributed by atoms with Gasteiger partial charge in [0.1, 0.15) is 0 Å². The van der Waals surface area contributed by atoms with Crippen molar-refractivity contribution in [3.05, 3.63) is 24.4 Å². The second kappa shape index (κ2) is 7.93. The molecule has 18 heavy (non-hydrogen) atoms. The summed E-state index contributed by atoms with van der Waals surface area (Å²) in [6.07, 6.45) is 6.35. The standard InChI is InChI=1S/C14H25N3O/c1-5-7-8-9-12(15-10-6-2)13-11-14(18-4)17(3)16-13/h5,11-12,15H,1,6-10H2,2-4H3. The molecule has 0 bridgehead atoms. The van der Waals surface area contributed by atoms with Crippen LogP contribution in [0.1, 0.15) is 44.3 Å². The van der Waals surface area contributed by atoms with Gasteiger partial charge in [-0.15, -0.1) is 6.58 Å². The van der Waals surface area contributed by atoms with Crippen LogP contribution < -0.4 is 10.1 Å². The van der Waals surface area contributed by atoms with Crippen LogP contribution in [0.15, 0.2) is 18.7 Å². The van der Waals surface area contributed by atoms with E-state index in [-0.39, 0.29) is 0 Å². The van der Waals surface area contributed by atoms with Crippen molar-refractivity contribution in [3.63, 3.8) is 0 Å². The van der Waals surface area contributed by atoms with E-state index < -0.39 is 0 Å². The molecule has 0 aliphatic heterocycles. The van der Waals surface area contributed by atoms with Crippen molar-refractivity contribution < 1.29 is 4.74 Å². The summed E-state index contributed by atoms with van der Waals surface area (Å²) in [5.74, 6) is 0.803. The summed E-state index contributed by atoms with van der Waals surface area (Å²) < 4.78 is 7.04. The van der Waals surface area contributed by atoms with Gasteiger partial charge < -0.3 is 10.1 Å². The number of ether oxygens (including phenoxy) is 1. The van der Waals surface area contributed by atoms with Gasteiger partial charge in [-0.2, -0.15) is 5.10 Å². The highest BCUT2D eigenvalue weighted by Gasteiger charge is 2.15. The monoisotopic (exact) mass is 251 g/mol. The predicted octanol–water partition coefficient (Wildman–Crippen LogP) is 2.83. The molecule has 0 aromatic carbocycles. The third-order valence-corrected chi connectivity index (χ3v) is 2.96. The van der Waals surface area contributed by atoms with Crippen molar-refractivity contribution >= 4 is 0 Å². The molecule has 0 aliphatic carbocycles. The fourth-order valence-electron chi connectivity index (χ4n) is 1.97. The minimum atomic E-state index is 0.306. The summed E-state index contributed by atoms with van der Waals surface area (Å²) in [6.45, 7) is 6.95. The molecular formula is C14H25N3O. The number of nitrogens with zero attached hydrogens (tertiary/aromatic N) is 2. The Morgan fingerprint density at radius 3 is 2.94 bits per heavy atom. The van der Waals surface area contributed by atoms with E-state index >= 15 is 0 Å². The fourth-order valence-corrected chi connectivity index (χ4v) is 1.97. The first-order valence-corrected chi connectivity index (χ1v) is 6.65. The summed E-state index contributed by atoms with van der Waals surface area (Å²) in [6, 6.07) is 2.32. The van der Waals surface area contributed by atoms with Gasteiger partial charge in [-0.05, 0) is 32.2 Å². The van der Waals surface area contributed by atoms with Crippen molar-refractivity contribution in [2.75, 3.05) is 13.7 Å². The second-order valence-corrected chi connectivity index (χ2v) is 4.46. The Bertz CT molecular complexity index is 360. The highest BCUT2D eigenvalue weighted by Crippen LogP contribution is 2.22. The fraction of sp³-hybridized carbons (Fsp3) is 0.643. The molecule has 4 nitrogen and oxygen atoms in total. The molecule has 1 heterocycles. The third kappa shape index (κ3) is 4.18. The molecule has 0 saturated carbocycles. The smallest absolute Gasteiger partial charge is 0.211 e. The van der Waals surface area contributed by atoms with Crippen LogP contribution in [0.5, 0.6) is 5.88 Å². The quantitative estimate of drug-likeness (QED) is 0.542. The van der Waals surface area contributed by atoms with Crippen LogP contribution >= 0.6 is 0 Å². The normalized spacial score (nSPS) is 12.4. The van der Waals surface area contributed by atoms with Gasteiger partial charge >= 0.3 is 0 Å². The summed E-state index contributed by atoms with van der Waals surface area (Å²) in [4.78, 5) is 0. The van der Waals surface area contributed by atoms with Gasteiger partial charge in [-0.1, -0.05) is 13.0 Å². The molecule has 1 N–H and O–H groups in total. The summed E-state index contributed by atoms with van der Waals surface area (Å²) in [7, 11) is 3.58. The SMILES string of the molecule is C=CCCCC(NCCC)c1cc(OC)n(C)n1. The van der Waals surface area contributed by atoms with E-state index in [2.05, 4.69) is 23.9 Å². The average molecular weight is 251 g/mol. The molecule has 4 heteroatoms. The molecular weight excluding hydrogens is 226 g/mol. The number of aryl methyl sites for hydroxylation is 1. The van der Waals surface area contributed by atoms with E-state index in [0.29, 0.717) is 6.04 Å². The Kier molecular flexibility index (Phi) is 6.50. The Morgan fingerprint density at radius 2 is 2.39 bits per heavy atom. The van der Waals surface area contributed by atoms with Crippen molar-refractivity contribution in [3.8, 4) is 5.88 Å². The van der Waals surface area contributed by atoms with Crippen LogP contribution in [-0.4, -0.2) is 23.4 Å². The van der Waals surface area contributed by atoms with Gasteiger partial charge in [0.05, 0.1) is 18.8 Å². The molecule has 1 unspecified atom stereocenters. The lowest BCUT2D eigenvalue weighted by Gasteiger charge is -2.15. The van der Waals surface area contributed by atoms with Gasteiger partial charge in [-0.25, -0.2) is 4.68 Å². The lowest BCUT2D eigenvalue weighted by atomic mass is 10.1. The maximum atomic E-state index is 5.26. The molecule has 1 aromatic rings. The third-order valence-electron chi connectivity index (χ3n) is 2.96. The molecule has 0 spiro atoms. The van der Waals surface area contributed by atoms with Crippen LogP contribution in [0.25, 0.3) is 0 Å². The van der Waals surface area contributed by atoms with Crippen molar-refractivity contribution in [2.45, 2.75) is 38.6 Å². The van der Waals surface area contributed by atoms with E-state index in [4.69, 9.17) is 4.74 Å². The lowest BCUT2D eigenvalue weighted by Crippen LogP contribution is -2.22. The van der Waals surface area contributed by atoms with Gasteiger partial charge in [0, 0.05) is 13.1 Å². The molecule has 0 saturated heterocycles. The predicted molar refractivity (Wildman–Crippen MR) is 74.8 cm³/mol. The van der Waals surface area contributed by atoms with Crippen LogP contribution in [0, 0.1) is 0 Å². The van der Waals surface area contributed by atoms with Crippen LogP contribution in [-0.2, 0) is 7.05 Å². The van der Waals surface area contributed by atoms with E-state index in [0.717, 1.165) is 43.8 Å². The molecule has 0 amide bonds. The van der Waals surface area contributed by atoms with Crippen LogP contribution in [0.4, 0.5) is 0 Å². The first-order valence-electron chi connectivity index (χ1n) is 6.65. The van der Waals surface area contributed by atoms with Crippen molar-refractivity contribution in [1.82, 2.24) is 15.1 Å². The van der Waals surface area contributed by atoms with Gasteiger partial charge in [0.25, 0.3) is 0 Å². The maximum Gasteiger partial charge on any atom is 0.211 e. The Balaban J connectivity index is 2.69. The number of nitrogens with one attached hydrogen (secondary N) is 1. The molecule has 0 aliphatic rings. The van der Waals surface area contributed by atoms with E-state index in [1.54, 1.807) is 11.8 Å². The molecule has 102 valence electrons. The highest BCUT2D eigenvalue weighted by molar-refractivity contribution is 5.18. The number of hydrogen-bond acceptors (Lipinski definition) is 3. The first-order chi connectivity index (χ1) is 8.72. The molecule has 1 aromatic heterocycles. The number of hydrogen-bond donors (Lipinski definition) is 1. The van der Waals surface area contributed by atoms with Crippen LogP contribution in [0.2, 0.25) is 0 Å². The number of unbranched alkanes of at least 4 members (excludes halogenated alkanes) is 1. The number of allylic oxidation sites excluding steroid dienone is 1. The van der Waals surface area contributed by atoms with Gasteiger partial charge in [0.15, 0.2) is 0 Å². The zero-order chi connectivity index (χ0) is 13.4. The van der Waals surface area contributed by atoms with E-state index in [1.165, 1.54) is 0 Å². The van der Waals surface area contributed by atoms with Gasteiger partial charge in [-0.3, -0.25) is 0 Å². The topological polar surface area (TPSA) is 39.1 Å². The molecule has 1 rings (SSSR count). The average Bonchev–Trinajstić information content (AvgIpc) is 2.75. The van der Waals surface area contributed by atoms with Gasteiger partial charge in [0.2, 0.25) is 5.88 Å². The zero-order valence-electron chi connectivity index (χ0n) is 11.8. The summed E-state index contributed by atoms with van der Waals surface area (Å²) in [5, 5.41) is 8.06. The molecule has 1 atom stereocenters. The van der Waals surface area contributed by atoms with Crippen molar-refractivity contribution in [1.29, 1.82) is 0 Å². The second-order valence-electron chi connectivity index (χ2n) is 4.46. The maximum absolute atomic E-state index is 5.26. The number of aromatic nitrogens is 2. The Morgan fingerprint density at radius 1 is 1.61 bits per heavy atom. The highest BCUT2D eigenvalue weighted by atomic mass is 16.5. The van der Waals surface area contributed by atoms with Crippen molar-refractivity contribution in [2.24, 2.45) is 7.05 Å². The zero-order valence-corrected chi connectivity index (χ0v) is 11.8. The largest absolute Gasteiger partial charge is 0.481 e. The minimum absolute atomic E-state index is 0.306. The minimum Gasteiger partial charge on any atom is -0.481 e. The Hall–Kier alpha value is -1.29. The molecule has 0 radical (unpaired) electrons. The molecule has 0 fully saturated rings. The van der Waals surface area contributed by atoms with Crippen LogP contribution in [0.3, 0.4) is 0 Å². The lowest BCUT2D eigenvalue weighted by molar-refractivity contribution is 0.373. The summed E-state index contributed by atoms with van der Waals surface area (Å²) >= 11 is 0. The number of rotatable bonds is 9. The first kappa shape index (κ1) is 14.8. The Labute approximate surface area is 110 Å². The summed E-state index contributed by atoms with van der Waals surface area (Å²) in [5.41, 5.74) is 1.06. The van der Waals surface area contributed by atoms with E-state index in [1.807, 2.05) is 19.2 Å². The number of methoxy groups -OCH3 is 1.